The molecule has 114 valence electrons. The van der Waals surface area contributed by atoms with Gasteiger partial charge in [0, 0.05) is 19.8 Å². The Morgan fingerprint density at radius 3 is 2.48 bits per heavy atom. The van der Waals surface area contributed by atoms with Gasteiger partial charge in [0.05, 0.1) is 5.56 Å². The number of hydrogen-bond donors (Lipinski definition) is 1. The van der Waals surface area contributed by atoms with Crippen molar-refractivity contribution in [2.45, 2.75) is 32.2 Å². The maximum Gasteiger partial charge on any atom is 0.336 e. The second-order valence-electron chi connectivity index (χ2n) is 6.35. The molecule has 4 nitrogen and oxygen atoms in total. The van der Waals surface area contributed by atoms with Crippen molar-refractivity contribution < 1.29 is 14.6 Å². The van der Waals surface area contributed by atoms with Crippen molar-refractivity contribution in [3.63, 3.8) is 0 Å². The highest BCUT2D eigenvalue weighted by Crippen LogP contribution is 2.40. The van der Waals surface area contributed by atoms with Gasteiger partial charge in [0.15, 0.2) is 0 Å². The predicted octanol–water partition coefficient (Wildman–Crippen LogP) is 2.78. The summed E-state index contributed by atoms with van der Waals surface area (Å²) in [5.41, 5.74) is 1.85. The van der Waals surface area contributed by atoms with Crippen molar-refractivity contribution in [2.24, 2.45) is 5.41 Å². The standard InChI is InChI=1S/C17H23NO3/c19-16(20)15-4-2-1-3-14(15)13-18-9-5-17(6-10-18)7-11-21-12-8-17/h1-4H,5-13H2,(H,19,20). The van der Waals surface area contributed by atoms with E-state index in [-0.39, 0.29) is 0 Å². The summed E-state index contributed by atoms with van der Waals surface area (Å²) < 4.78 is 5.48. The van der Waals surface area contributed by atoms with E-state index in [1.165, 1.54) is 25.7 Å². The van der Waals surface area contributed by atoms with Gasteiger partial charge in [-0.2, -0.15) is 0 Å². The number of ether oxygens (including phenoxy) is 1. The summed E-state index contributed by atoms with van der Waals surface area (Å²) in [4.78, 5) is 13.7. The Morgan fingerprint density at radius 2 is 1.81 bits per heavy atom. The molecule has 3 rings (SSSR count). The van der Waals surface area contributed by atoms with Gasteiger partial charge in [0.25, 0.3) is 0 Å². The molecule has 2 aliphatic rings. The molecule has 4 heteroatoms. The molecule has 0 radical (unpaired) electrons. The van der Waals surface area contributed by atoms with Crippen molar-refractivity contribution in [3.05, 3.63) is 35.4 Å². The van der Waals surface area contributed by atoms with Crippen molar-refractivity contribution in [1.82, 2.24) is 4.90 Å². The lowest BCUT2D eigenvalue weighted by Gasteiger charge is -2.44. The zero-order valence-corrected chi connectivity index (χ0v) is 12.4. The molecule has 0 aliphatic carbocycles. The summed E-state index contributed by atoms with van der Waals surface area (Å²) in [5, 5.41) is 9.26. The van der Waals surface area contributed by atoms with Crippen molar-refractivity contribution in [3.8, 4) is 0 Å². The fraction of sp³-hybridized carbons (Fsp3) is 0.588. The number of carbonyl (C=O) groups is 1. The molecule has 1 aromatic carbocycles. The first kappa shape index (κ1) is 14.5. The zero-order valence-electron chi connectivity index (χ0n) is 12.4. The first-order chi connectivity index (χ1) is 10.2. The first-order valence-electron chi connectivity index (χ1n) is 7.80. The highest BCUT2D eigenvalue weighted by Gasteiger charge is 2.36. The minimum absolute atomic E-state index is 0.434. The van der Waals surface area contributed by atoms with Gasteiger partial charge in [0.1, 0.15) is 0 Å². The van der Waals surface area contributed by atoms with Crippen LogP contribution in [0, 0.1) is 5.41 Å². The number of aromatic carboxylic acids is 1. The van der Waals surface area contributed by atoms with Crippen LogP contribution >= 0.6 is 0 Å². The van der Waals surface area contributed by atoms with Gasteiger partial charge >= 0.3 is 5.97 Å². The molecule has 0 atom stereocenters. The molecule has 1 spiro atoms. The number of carboxylic acid groups (broad SMARTS) is 1. The Hall–Kier alpha value is -1.39. The molecule has 1 N–H and O–H groups in total. The van der Waals surface area contributed by atoms with Crippen LogP contribution in [0.1, 0.15) is 41.6 Å². The Bertz CT molecular complexity index is 499. The predicted molar refractivity (Wildman–Crippen MR) is 80.4 cm³/mol. The van der Waals surface area contributed by atoms with Crippen LogP contribution < -0.4 is 0 Å². The molecule has 0 bridgehead atoms. The van der Waals surface area contributed by atoms with E-state index in [9.17, 15) is 9.90 Å². The highest BCUT2D eigenvalue weighted by atomic mass is 16.5. The van der Waals surface area contributed by atoms with Crippen molar-refractivity contribution in [1.29, 1.82) is 0 Å². The Labute approximate surface area is 125 Å². The second-order valence-corrected chi connectivity index (χ2v) is 6.35. The number of carboxylic acids is 1. The average molecular weight is 289 g/mol. The van der Waals surface area contributed by atoms with E-state index in [0.717, 1.165) is 38.4 Å². The number of piperidine rings is 1. The van der Waals surface area contributed by atoms with Gasteiger partial charge < -0.3 is 9.84 Å². The average Bonchev–Trinajstić information content (AvgIpc) is 2.51. The monoisotopic (exact) mass is 289 g/mol. The topological polar surface area (TPSA) is 49.8 Å². The minimum atomic E-state index is -0.830. The van der Waals surface area contributed by atoms with Crippen LogP contribution in [-0.2, 0) is 11.3 Å². The van der Waals surface area contributed by atoms with Crippen molar-refractivity contribution in [2.75, 3.05) is 26.3 Å². The third-order valence-corrected chi connectivity index (χ3v) is 5.11. The summed E-state index contributed by atoms with van der Waals surface area (Å²) in [5.74, 6) is -0.830. The van der Waals surface area contributed by atoms with Crippen LogP contribution in [0.25, 0.3) is 0 Å². The summed E-state index contributed by atoms with van der Waals surface area (Å²) in [7, 11) is 0. The van der Waals surface area contributed by atoms with E-state index < -0.39 is 5.97 Å². The quantitative estimate of drug-likeness (QED) is 0.929. The summed E-state index contributed by atoms with van der Waals surface area (Å²) >= 11 is 0. The first-order valence-corrected chi connectivity index (χ1v) is 7.80. The summed E-state index contributed by atoms with van der Waals surface area (Å²) in [6.45, 7) is 4.68. The number of nitrogens with zero attached hydrogens (tertiary/aromatic N) is 1. The van der Waals surface area contributed by atoms with Gasteiger partial charge in [-0.05, 0) is 55.8 Å². The molecule has 2 fully saturated rings. The lowest BCUT2D eigenvalue weighted by Crippen LogP contribution is -2.42. The third kappa shape index (κ3) is 3.27. The molecule has 2 heterocycles. The fourth-order valence-electron chi connectivity index (χ4n) is 3.60. The van der Waals surface area contributed by atoms with E-state index in [1.807, 2.05) is 12.1 Å². The minimum Gasteiger partial charge on any atom is -0.478 e. The molecular formula is C17H23NO3. The molecule has 2 aliphatic heterocycles. The van der Waals surface area contributed by atoms with E-state index in [0.29, 0.717) is 11.0 Å². The van der Waals surface area contributed by atoms with E-state index in [2.05, 4.69) is 4.90 Å². The zero-order chi connectivity index (χ0) is 14.7. The fourth-order valence-corrected chi connectivity index (χ4v) is 3.60. The van der Waals surface area contributed by atoms with Crippen LogP contribution in [0.2, 0.25) is 0 Å². The van der Waals surface area contributed by atoms with Gasteiger partial charge in [-0.15, -0.1) is 0 Å². The lowest BCUT2D eigenvalue weighted by atomic mass is 9.72. The molecule has 0 saturated carbocycles. The molecule has 0 amide bonds. The molecule has 0 aromatic heterocycles. The van der Waals surface area contributed by atoms with Crippen LogP contribution in [0.15, 0.2) is 24.3 Å². The van der Waals surface area contributed by atoms with Gasteiger partial charge in [-0.25, -0.2) is 4.79 Å². The van der Waals surface area contributed by atoms with Crippen molar-refractivity contribution >= 4 is 5.97 Å². The largest absolute Gasteiger partial charge is 0.478 e. The van der Waals surface area contributed by atoms with Crippen LogP contribution in [-0.4, -0.2) is 42.3 Å². The molecule has 2 saturated heterocycles. The van der Waals surface area contributed by atoms with Crippen LogP contribution in [0.5, 0.6) is 0 Å². The van der Waals surface area contributed by atoms with Gasteiger partial charge in [0.2, 0.25) is 0 Å². The maximum absolute atomic E-state index is 11.3. The normalized spacial score (nSPS) is 22.3. The Morgan fingerprint density at radius 1 is 1.14 bits per heavy atom. The van der Waals surface area contributed by atoms with Gasteiger partial charge in [-0.3, -0.25) is 4.90 Å². The van der Waals surface area contributed by atoms with Gasteiger partial charge in [-0.1, -0.05) is 18.2 Å². The van der Waals surface area contributed by atoms with E-state index in [1.54, 1.807) is 12.1 Å². The van der Waals surface area contributed by atoms with E-state index in [4.69, 9.17) is 4.74 Å². The SMILES string of the molecule is O=C(O)c1ccccc1CN1CCC2(CCOCC2)CC1. The highest BCUT2D eigenvalue weighted by molar-refractivity contribution is 5.89. The number of likely N-dealkylation sites (tertiary alicyclic amines) is 1. The smallest absolute Gasteiger partial charge is 0.336 e. The summed E-state index contributed by atoms with van der Waals surface area (Å²) in [6.07, 6.45) is 4.80. The number of rotatable bonds is 3. The molecule has 21 heavy (non-hydrogen) atoms. The third-order valence-electron chi connectivity index (χ3n) is 5.11. The Kier molecular flexibility index (Phi) is 4.27. The Balaban J connectivity index is 1.62. The lowest BCUT2D eigenvalue weighted by molar-refractivity contribution is -0.0218. The molecular weight excluding hydrogens is 266 g/mol. The van der Waals surface area contributed by atoms with Crippen LogP contribution in [0.3, 0.4) is 0 Å². The summed E-state index contributed by atoms with van der Waals surface area (Å²) in [6, 6.07) is 7.34. The number of benzene rings is 1. The second kappa shape index (κ2) is 6.16. The molecule has 1 aromatic rings. The number of hydrogen-bond acceptors (Lipinski definition) is 3. The van der Waals surface area contributed by atoms with Crippen LogP contribution in [0.4, 0.5) is 0 Å². The van der Waals surface area contributed by atoms with E-state index >= 15 is 0 Å². The maximum atomic E-state index is 11.3. The molecule has 0 unspecified atom stereocenters.